The van der Waals surface area contributed by atoms with E-state index in [4.69, 9.17) is 11.5 Å². The first-order chi connectivity index (χ1) is 5.45. The molecule has 12 heavy (non-hydrogen) atoms. The Labute approximate surface area is 69.5 Å². The monoisotopic (exact) mass is 173 g/mol. The van der Waals surface area contributed by atoms with E-state index in [9.17, 15) is 14.4 Å². The maximum atomic E-state index is 10.7. The molecule has 0 aromatic carbocycles. The summed E-state index contributed by atoms with van der Waals surface area (Å²) >= 11 is 0. The predicted octanol–water partition coefficient (Wildman–Crippen LogP) is -1.21. The van der Waals surface area contributed by atoms with E-state index in [1.165, 1.54) is 6.92 Å². The standard InChI is InChI=1S/C6H11N3O3/c1-4(10)9(6(8)12)3-2-5(7)11/h2-3H2,1H3,(H2,7,11)(H2,8,12). The van der Waals surface area contributed by atoms with E-state index in [0.29, 0.717) is 0 Å². The van der Waals surface area contributed by atoms with Gasteiger partial charge in [0, 0.05) is 19.9 Å². The van der Waals surface area contributed by atoms with Crippen LogP contribution >= 0.6 is 0 Å². The molecule has 6 heteroatoms. The van der Waals surface area contributed by atoms with Gasteiger partial charge in [-0.1, -0.05) is 0 Å². The summed E-state index contributed by atoms with van der Waals surface area (Å²) in [5.74, 6) is -1.08. The third kappa shape index (κ3) is 3.55. The van der Waals surface area contributed by atoms with Crippen LogP contribution in [0.25, 0.3) is 0 Å². The molecule has 4 amide bonds. The van der Waals surface area contributed by atoms with Gasteiger partial charge in [-0.15, -0.1) is 0 Å². The Hall–Kier alpha value is -1.59. The van der Waals surface area contributed by atoms with Crippen LogP contribution in [0.2, 0.25) is 0 Å². The molecule has 0 spiro atoms. The van der Waals surface area contributed by atoms with E-state index < -0.39 is 17.8 Å². The van der Waals surface area contributed by atoms with Crippen LogP contribution in [0.5, 0.6) is 0 Å². The Kier molecular flexibility index (Phi) is 3.75. The zero-order chi connectivity index (χ0) is 9.72. The van der Waals surface area contributed by atoms with Gasteiger partial charge in [-0.25, -0.2) is 4.79 Å². The number of nitrogens with two attached hydrogens (primary N) is 2. The molecule has 0 bridgehead atoms. The normalized spacial score (nSPS) is 9.08. The molecule has 0 rings (SSSR count). The Bertz CT molecular complexity index is 200. The van der Waals surface area contributed by atoms with Crippen molar-refractivity contribution < 1.29 is 14.4 Å². The second-order valence-electron chi connectivity index (χ2n) is 2.23. The van der Waals surface area contributed by atoms with Crippen molar-refractivity contribution in [3.8, 4) is 0 Å². The van der Waals surface area contributed by atoms with Crippen LogP contribution < -0.4 is 11.5 Å². The highest BCUT2D eigenvalue weighted by atomic mass is 16.2. The number of nitrogens with zero attached hydrogens (tertiary/aromatic N) is 1. The van der Waals surface area contributed by atoms with E-state index in [1.54, 1.807) is 0 Å². The van der Waals surface area contributed by atoms with Crippen molar-refractivity contribution in [2.24, 2.45) is 11.5 Å². The lowest BCUT2D eigenvalue weighted by Gasteiger charge is -2.14. The molecule has 0 fully saturated rings. The minimum Gasteiger partial charge on any atom is -0.370 e. The number of hydrogen-bond donors (Lipinski definition) is 2. The second-order valence-corrected chi connectivity index (χ2v) is 2.23. The number of imide groups is 1. The smallest absolute Gasteiger partial charge is 0.321 e. The molecule has 0 radical (unpaired) electrons. The highest BCUT2D eigenvalue weighted by molar-refractivity contribution is 5.92. The summed E-state index contributed by atoms with van der Waals surface area (Å²) in [7, 11) is 0. The van der Waals surface area contributed by atoms with Crippen LogP contribution in [0.3, 0.4) is 0 Å². The molecule has 0 aromatic rings. The van der Waals surface area contributed by atoms with Gasteiger partial charge in [0.25, 0.3) is 0 Å². The molecule has 0 aliphatic carbocycles. The van der Waals surface area contributed by atoms with Crippen LogP contribution in [-0.2, 0) is 9.59 Å². The summed E-state index contributed by atoms with van der Waals surface area (Å²) in [6, 6.07) is -0.872. The maximum absolute atomic E-state index is 10.7. The molecule has 0 saturated heterocycles. The van der Waals surface area contributed by atoms with Gasteiger partial charge < -0.3 is 11.5 Å². The van der Waals surface area contributed by atoms with Crippen molar-refractivity contribution in [2.45, 2.75) is 13.3 Å². The summed E-state index contributed by atoms with van der Waals surface area (Å²) < 4.78 is 0. The average Bonchev–Trinajstić information content (AvgIpc) is 1.84. The van der Waals surface area contributed by atoms with Gasteiger partial charge in [-0.2, -0.15) is 0 Å². The molecule has 0 unspecified atom stereocenters. The summed E-state index contributed by atoms with van der Waals surface area (Å²) in [5.41, 5.74) is 9.65. The third-order valence-corrected chi connectivity index (χ3v) is 1.23. The minimum atomic E-state index is -0.872. The fourth-order valence-corrected chi connectivity index (χ4v) is 0.645. The van der Waals surface area contributed by atoms with Gasteiger partial charge in [0.1, 0.15) is 0 Å². The van der Waals surface area contributed by atoms with Gasteiger partial charge in [-0.3, -0.25) is 14.5 Å². The molecule has 68 valence electrons. The van der Waals surface area contributed by atoms with Gasteiger partial charge in [0.15, 0.2) is 0 Å². The first-order valence-corrected chi connectivity index (χ1v) is 3.31. The van der Waals surface area contributed by atoms with E-state index in [0.717, 1.165) is 4.90 Å². The van der Waals surface area contributed by atoms with Crippen molar-refractivity contribution in [3.05, 3.63) is 0 Å². The molecule has 6 nitrogen and oxygen atoms in total. The average molecular weight is 173 g/mol. The fraction of sp³-hybridized carbons (Fsp3) is 0.500. The Balaban J connectivity index is 4.06. The first-order valence-electron chi connectivity index (χ1n) is 3.31. The SMILES string of the molecule is CC(=O)N(CCC(N)=O)C(N)=O. The number of amides is 4. The van der Waals surface area contributed by atoms with Crippen molar-refractivity contribution in [3.63, 3.8) is 0 Å². The number of urea groups is 1. The van der Waals surface area contributed by atoms with Crippen LogP contribution in [0.4, 0.5) is 4.79 Å². The number of primary amides is 2. The van der Waals surface area contributed by atoms with Crippen LogP contribution in [0.15, 0.2) is 0 Å². The lowest BCUT2D eigenvalue weighted by atomic mass is 10.4. The molecule has 0 aliphatic heterocycles. The zero-order valence-electron chi connectivity index (χ0n) is 6.74. The molecule has 0 atom stereocenters. The highest BCUT2D eigenvalue weighted by Gasteiger charge is 2.14. The fourth-order valence-electron chi connectivity index (χ4n) is 0.645. The van der Waals surface area contributed by atoms with Gasteiger partial charge in [-0.05, 0) is 0 Å². The molecule has 4 N–H and O–H groups in total. The third-order valence-electron chi connectivity index (χ3n) is 1.23. The number of hydrogen-bond acceptors (Lipinski definition) is 3. The quantitative estimate of drug-likeness (QED) is 0.559. The molecule has 0 saturated carbocycles. The van der Waals surface area contributed by atoms with Crippen LogP contribution in [0.1, 0.15) is 13.3 Å². The summed E-state index contributed by atoms with van der Waals surface area (Å²) in [6.07, 6.45) is -0.0669. The van der Waals surface area contributed by atoms with E-state index in [1.807, 2.05) is 0 Å². The first kappa shape index (κ1) is 10.4. The highest BCUT2D eigenvalue weighted by Crippen LogP contribution is 1.91. The number of rotatable bonds is 3. The van der Waals surface area contributed by atoms with Crippen LogP contribution in [0, 0.1) is 0 Å². The van der Waals surface area contributed by atoms with Gasteiger partial charge in [0.2, 0.25) is 11.8 Å². The van der Waals surface area contributed by atoms with Gasteiger partial charge in [0.05, 0.1) is 0 Å². The maximum Gasteiger partial charge on any atom is 0.321 e. The topological polar surface area (TPSA) is 106 Å². The van der Waals surface area contributed by atoms with Crippen molar-refractivity contribution in [1.82, 2.24) is 4.90 Å². The molecular formula is C6H11N3O3. The van der Waals surface area contributed by atoms with Gasteiger partial charge >= 0.3 is 6.03 Å². The van der Waals surface area contributed by atoms with Crippen molar-refractivity contribution in [1.29, 1.82) is 0 Å². The van der Waals surface area contributed by atoms with E-state index in [-0.39, 0.29) is 13.0 Å². The second kappa shape index (κ2) is 4.32. The molecule has 0 aromatic heterocycles. The number of carbonyl (C=O) groups excluding carboxylic acids is 3. The lowest BCUT2D eigenvalue weighted by molar-refractivity contribution is -0.126. The van der Waals surface area contributed by atoms with Crippen molar-refractivity contribution in [2.75, 3.05) is 6.54 Å². The Morgan fingerprint density at radius 3 is 2.00 bits per heavy atom. The lowest BCUT2D eigenvalue weighted by Crippen LogP contribution is -2.41. The van der Waals surface area contributed by atoms with Crippen molar-refractivity contribution >= 4 is 17.8 Å². The number of carbonyl (C=O) groups is 3. The summed E-state index contributed by atoms with van der Waals surface area (Å²) in [5, 5.41) is 0. The van der Waals surface area contributed by atoms with Crippen LogP contribution in [-0.4, -0.2) is 29.3 Å². The minimum absolute atomic E-state index is 0.0556. The summed E-state index contributed by atoms with van der Waals surface area (Å²) in [6.45, 7) is 1.13. The molecule has 0 aliphatic rings. The zero-order valence-corrected chi connectivity index (χ0v) is 6.74. The van der Waals surface area contributed by atoms with E-state index >= 15 is 0 Å². The van der Waals surface area contributed by atoms with E-state index in [2.05, 4.69) is 0 Å². The Morgan fingerprint density at radius 2 is 1.75 bits per heavy atom. The largest absolute Gasteiger partial charge is 0.370 e. The summed E-state index contributed by atoms with van der Waals surface area (Å²) in [4.78, 5) is 32.2. The Morgan fingerprint density at radius 1 is 1.25 bits per heavy atom. The molecular weight excluding hydrogens is 162 g/mol. The molecule has 0 heterocycles. The predicted molar refractivity (Wildman–Crippen MR) is 40.8 cm³/mol.